The van der Waals surface area contributed by atoms with Gasteiger partial charge in [-0.1, -0.05) is 29.8 Å². The average Bonchev–Trinajstić information content (AvgIpc) is 2.26. The molecule has 0 saturated carbocycles. The zero-order valence-corrected chi connectivity index (χ0v) is 9.77. The smallest absolute Gasteiger partial charge is 0.305 e. The maximum absolute atomic E-state index is 10.5. The van der Waals surface area contributed by atoms with Crippen LogP contribution in [-0.4, -0.2) is 24.3 Å². The normalized spacial score (nSPS) is 12.4. The Kier molecular flexibility index (Phi) is 4.99. The van der Waals surface area contributed by atoms with Gasteiger partial charge >= 0.3 is 5.97 Å². The van der Waals surface area contributed by atoms with Crippen LogP contribution in [0.15, 0.2) is 24.3 Å². The van der Waals surface area contributed by atoms with E-state index in [4.69, 9.17) is 9.84 Å². The Bertz CT molecular complexity index is 330. The van der Waals surface area contributed by atoms with Gasteiger partial charge in [0.25, 0.3) is 0 Å². The number of benzene rings is 1. The second kappa shape index (κ2) is 6.28. The van der Waals surface area contributed by atoms with E-state index in [1.54, 1.807) is 7.11 Å². The maximum Gasteiger partial charge on any atom is 0.305 e. The number of carboxylic acid groups (broad SMARTS) is 1. The molecule has 3 heteroatoms. The lowest BCUT2D eigenvalue weighted by Gasteiger charge is -2.12. The van der Waals surface area contributed by atoms with Crippen molar-refractivity contribution in [3.63, 3.8) is 0 Å². The molecule has 0 heterocycles. The molecule has 0 aliphatic carbocycles. The zero-order chi connectivity index (χ0) is 12.0. The molecule has 1 N–H and O–H groups in total. The van der Waals surface area contributed by atoms with E-state index in [0.29, 0.717) is 0 Å². The highest BCUT2D eigenvalue weighted by molar-refractivity contribution is 5.67. The number of carboxylic acids is 1. The van der Waals surface area contributed by atoms with Crippen molar-refractivity contribution in [2.75, 3.05) is 7.11 Å². The molecule has 88 valence electrons. The van der Waals surface area contributed by atoms with Crippen LogP contribution in [0.4, 0.5) is 0 Å². The standard InChI is InChI=1S/C13H18O3/c1-10-3-5-11(6-4-10)7-8-12(16-2)9-13(14)15/h3-6,12H,7-9H2,1-2H3,(H,14,15). The molecule has 0 fully saturated rings. The van der Waals surface area contributed by atoms with Gasteiger partial charge < -0.3 is 9.84 Å². The van der Waals surface area contributed by atoms with Gasteiger partial charge in [-0.05, 0) is 25.3 Å². The summed E-state index contributed by atoms with van der Waals surface area (Å²) < 4.78 is 5.13. The molecule has 1 atom stereocenters. The lowest BCUT2D eigenvalue weighted by atomic mass is 10.0. The summed E-state index contributed by atoms with van der Waals surface area (Å²) in [6.07, 6.45) is 1.47. The van der Waals surface area contributed by atoms with Crippen molar-refractivity contribution >= 4 is 5.97 Å². The third-order valence-electron chi connectivity index (χ3n) is 2.61. The first-order valence-electron chi connectivity index (χ1n) is 5.42. The molecule has 0 radical (unpaired) electrons. The fourth-order valence-electron chi connectivity index (χ4n) is 1.58. The summed E-state index contributed by atoms with van der Waals surface area (Å²) in [7, 11) is 1.56. The Labute approximate surface area is 96.1 Å². The minimum absolute atomic E-state index is 0.0718. The summed E-state index contributed by atoms with van der Waals surface area (Å²) in [5.41, 5.74) is 2.45. The largest absolute Gasteiger partial charge is 0.481 e. The predicted octanol–water partition coefficient (Wildman–Crippen LogP) is 2.42. The highest BCUT2D eigenvalue weighted by Crippen LogP contribution is 2.10. The van der Waals surface area contributed by atoms with E-state index in [2.05, 4.69) is 24.3 Å². The number of rotatable bonds is 6. The predicted molar refractivity (Wildman–Crippen MR) is 62.5 cm³/mol. The summed E-state index contributed by atoms with van der Waals surface area (Å²) >= 11 is 0. The Hall–Kier alpha value is -1.35. The summed E-state index contributed by atoms with van der Waals surface area (Å²) in [5.74, 6) is -0.809. The van der Waals surface area contributed by atoms with E-state index in [-0.39, 0.29) is 12.5 Å². The molecule has 1 aromatic carbocycles. The summed E-state index contributed by atoms with van der Waals surface area (Å²) in [4.78, 5) is 10.5. The number of aryl methyl sites for hydroxylation is 2. The molecule has 0 aliphatic heterocycles. The number of hydrogen-bond acceptors (Lipinski definition) is 2. The van der Waals surface area contributed by atoms with Gasteiger partial charge in [-0.15, -0.1) is 0 Å². The van der Waals surface area contributed by atoms with Gasteiger partial charge in [-0.25, -0.2) is 0 Å². The van der Waals surface area contributed by atoms with Crippen molar-refractivity contribution in [1.29, 1.82) is 0 Å². The molecular formula is C13H18O3. The van der Waals surface area contributed by atoms with E-state index >= 15 is 0 Å². The molecule has 16 heavy (non-hydrogen) atoms. The third-order valence-corrected chi connectivity index (χ3v) is 2.61. The minimum Gasteiger partial charge on any atom is -0.481 e. The second-order valence-electron chi connectivity index (χ2n) is 3.98. The van der Waals surface area contributed by atoms with Crippen LogP contribution >= 0.6 is 0 Å². The lowest BCUT2D eigenvalue weighted by Crippen LogP contribution is -2.16. The van der Waals surface area contributed by atoms with Crippen molar-refractivity contribution in [3.05, 3.63) is 35.4 Å². The van der Waals surface area contributed by atoms with Crippen LogP contribution in [0.3, 0.4) is 0 Å². The first kappa shape index (κ1) is 12.7. The number of carbonyl (C=O) groups is 1. The van der Waals surface area contributed by atoms with Gasteiger partial charge in [0.2, 0.25) is 0 Å². The second-order valence-corrected chi connectivity index (χ2v) is 3.98. The first-order chi connectivity index (χ1) is 7.61. The average molecular weight is 222 g/mol. The Morgan fingerprint density at radius 2 is 2.00 bits per heavy atom. The molecule has 0 saturated heterocycles. The van der Waals surface area contributed by atoms with E-state index in [0.717, 1.165) is 12.8 Å². The van der Waals surface area contributed by atoms with Gasteiger partial charge in [0.1, 0.15) is 0 Å². The fraction of sp³-hybridized carbons (Fsp3) is 0.462. The molecule has 0 aromatic heterocycles. The van der Waals surface area contributed by atoms with Gasteiger partial charge in [-0.3, -0.25) is 4.79 Å². The zero-order valence-electron chi connectivity index (χ0n) is 9.77. The van der Waals surface area contributed by atoms with Crippen LogP contribution in [-0.2, 0) is 16.0 Å². The summed E-state index contributed by atoms with van der Waals surface area (Å²) in [6, 6.07) is 8.27. The third kappa shape index (κ3) is 4.45. The van der Waals surface area contributed by atoms with E-state index in [1.165, 1.54) is 11.1 Å². The molecule has 1 aromatic rings. The lowest BCUT2D eigenvalue weighted by molar-refractivity contribution is -0.139. The van der Waals surface area contributed by atoms with Crippen LogP contribution in [0.2, 0.25) is 0 Å². The van der Waals surface area contributed by atoms with Crippen LogP contribution in [0, 0.1) is 6.92 Å². The van der Waals surface area contributed by atoms with Crippen molar-refractivity contribution in [1.82, 2.24) is 0 Å². The van der Waals surface area contributed by atoms with Gasteiger partial charge in [0.05, 0.1) is 12.5 Å². The van der Waals surface area contributed by atoms with Crippen LogP contribution in [0.5, 0.6) is 0 Å². The molecule has 0 amide bonds. The summed E-state index contributed by atoms with van der Waals surface area (Å²) in [6.45, 7) is 2.05. The van der Waals surface area contributed by atoms with Crippen LogP contribution in [0.25, 0.3) is 0 Å². The van der Waals surface area contributed by atoms with Crippen LogP contribution in [0.1, 0.15) is 24.0 Å². The molecule has 1 rings (SSSR count). The van der Waals surface area contributed by atoms with Crippen LogP contribution < -0.4 is 0 Å². The Morgan fingerprint density at radius 1 is 1.38 bits per heavy atom. The highest BCUT2D eigenvalue weighted by Gasteiger charge is 2.11. The molecule has 0 spiro atoms. The number of ether oxygens (including phenoxy) is 1. The first-order valence-corrected chi connectivity index (χ1v) is 5.42. The highest BCUT2D eigenvalue weighted by atomic mass is 16.5. The minimum atomic E-state index is -0.809. The topological polar surface area (TPSA) is 46.5 Å². The molecule has 0 aliphatic rings. The molecule has 0 bridgehead atoms. The summed E-state index contributed by atoms with van der Waals surface area (Å²) in [5, 5.41) is 8.67. The van der Waals surface area contributed by atoms with Crippen molar-refractivity contribution in [3.8, 4) is 0 Å². The van der Waals surface area contributed by atoms with Gasteiger partial charge in [-0.2, -0.15) is 0 Å². The quantitative estimate of drug-likeness (QED) is 0.804. The number of methoxy groups -OCH3 is 1. The van der Waals surface area contributed by atoms with Crippen molar-refractivity contribution < 1.29 is 14.6 Å². The Morgan fingerprint density at radius 3 is 2.50 bits per heavy atom. The van der Waals surface area contributed by atoms with Crippen molar-refractivity contribution in [2.24, 2.45) is 0 Å². The molecular weight excluding hydrogens is 204 g/mol. The molecule has 3 nitrogen and oxygen atoms in total. The van der Waals surface area contributed by atoms with E-state index in [9.17, 15) is 4.79 Å². The molecule has 1 unspecified atom stereocenters. The van der Waals surface area contributed by atoms with Gasteiger partial charge in [0.15, 0.2) is 0 Å². The van der Waals surface area contributed by atoms with E-state index in [1.807, 2.05) is 6.92 Å². The number of aliphatic carboxylic acids is 1. The van der Waals surface area contributed by atoms with Crippen molar-refractivity contribution in [2.45, 2.75) is 32.3 Å². The Balaban J connectivity index is 2.43. The monoisotopic (exact) mass is 222 g/mol. The fourth-order valence-corrected chi connectivity index (χ4v) is 1.58. The van der Waals surface area contributed by atoms with E-state index < -0.39 is 5.97 Å². The number of hydrogen-bond donors (Lipinski definition) is 1. The van der Waals surface area contributed by atoms with Gasteiger partial charge in [0, 0.05) is 7.11 Å². The SMILES string of the molecule is COC(CCc1ccc(C)cc1)CC(=O)O. The maximum atomic E-state index is 10.5.